The van der Waals surface area contributed by atoms with Crippen molar-refractivity contribution in [2.24, 2.45) is 5.92 Å². The van der Waals surface area contributed by atoms with Crippen LogP contribution >= 0.6 is 11.6 Å². The monoisotopic (exact) mass is 362 g/mol. The Morgan fingerprint density at radius 1 is 1.32 bits per heavy atom. The molecule has 134 valence electrons. The standard InChI is InChI=1S/C18H23ClN4O2/c1-10(2)9-23-17(19)13(12(5)22-23)6-7-15-20-8-14(18(24)25)16(21-15)11(3)4/h6-8,10-11H,9H2,1-5H3,(H,24,25). The number of hydrogen-bond donors (Lipinski definition) is 1. The summed E-state index contributed by atoms with van der Waals surface area (Å²) in [4.78, 5) is 19.8. The van der Waals surface area contributed by atoms with Crippen LogP contribution in [0.5, 0.6) is 0 Å². The fourth-order valence-corrected chi connectivity index (χ4v) is 2.78. The molecule has 1 N–H and O–H groups in total. The third-order valence-corrected chi connectivity index (χ3v) is 4.06. The van der Waals surface area contributed by atoms with Gasteiger partial charge in [-0.15, -0.1) is 0 Å². The number of hydrogen-bond acceptors (Lipinski definition) is 4. The fourth-order valence-electron chi connectivity index (χ4n) is 2.48. The number of carboxylic acid groups (broad SMARTS) is 1. The van der Waals surface area contributed by atoms with E-state index in [9.17, 15) is 9.90 Å². The molecule has 2 heterocycles. The van der Waals surface area contributed by atoms with Crippen LogP contribution in [-0.2, 0) is 6.54 Å². The van der Waals surface area contributed by atoms with Crippen molar-refractivity contribution in [1.82, 2.24) is 19.7 Å². The van der Waals surface area contributed by atoms with Crippen LogP contribution < -0.4 is 0 Å². The van der Waals surface area contributed by atoms with Crippen molar-refractivity contribution in [3.8, 4) is 0 Å². The summed E-state index contributed by atoms with van der Waals surface area (Å²) >= 11 is 6.42. The van der Waals surface area contributed by atoms with E-state index < -0.39 is 5.97 Å². The van der Waals surface area contributed by atoms with Gasteiger partial charge in [0.2, 0.25) is 0 Å². The number of halogens is 1. The zero-order valence-electron chi connectivity index (χ0n) is 15.1. The Bertz CT molecular complexity index is 810. The second kappa shape index (κ2) is 7.78. The van der Waals surface area contributed by atoms with Crippen molar-refractivity contribution >= 4 is 29.7 Å². The normalized spacial score (nSPS) is 11.8. The smallest absolute Gasteiger partial charge is 0.339 e. The molecule has 0 amide bonds. The van der Waals surface area contributed by atoms with Gasteiger partial charge in [0.15, 0.2) is 5.82 Å². The molecule has 2 aromatic heterocycles. The summed E-state index contributed by atoms with van der Waals surface area (Å²) in [7, 11) is 0. The first-order valence-electron chi connectivity index (χ1n) is 8.21. The fraction of sp³-hybridized carbons (Fsp3) is 0.444. The number of carboxylic acids is 1. The second-order valence-electron chi connectivity index (χ2n) is 6.69. The lowest BCUT2D eigenvalue weighted by Crippen LogP contribution is -2.08. The summed E-state index contributed by atoms with van der Waals surface area (Å²) in [5, 5.41) is 14.3. The minimum absolute atomic E-state index is 0.0135. The molecule has 0 aromatic carbocycles. The lowest BCUT2D eigenvalue weighted by Gasteiger charge is -2.08. The highest BCUT2D eigenvalue weighted by Gasteiger charge is 2.16. The van der Waals surface area contributed by atoms with Gasteiger partial charge in [-0.1, -0.05) is 39.3 Å². The Morgan fingerprint density at radius 3 is 2.56 bits per heavy atom. The molecule has 0 spiro atoms. The average Bonchev–Trinajstić information content (AvgIpc) is 2.78. The van der Waals surface area contributed by atoms with Crippen LogP contribution in [0, 0.1) is 12.8 Å². The molecule has 0 aliphatic heterocycles. The summed E-state index contributed by atoms with van der Waals surface area (Å²) in [6.07, 6.45) is 4.90. The molecule has 0 saturated heterocycles. The van der Waals surface area contributed by atoms with Gasteiger partial charge in [-0.05, 0) is 30.9 Å². The van der Waals surface area contributed by atoms with E-state index in [1.54, 1.807) is 10.8 Å². The van der Waals surface area contributed by atoms with Crippen LogP contribution in [0.4, 0.5) is 0 Å². The molecule has 0 atom stereocenters. The van der Waals surface area contributed by atoms with E-state index in [0.717, 1.165) is 17.8 Å². The van der Waals surface area contributed by atoms with Crippen LogP contribution in [0.2, 0.25) is 5.15 Å². The van der Waals surface area contributed by atoms with Crippen LogP contribution in [0.3, 0.4) is 0 Å². The van der Waals surface area contributed by atoms with Crippen molar-refractivity contribution in [1.29, 1.82) is 0 Å². The highest BCUT2D eigenvalue weighted by atomic mass is 35.5. The lowest BCUT2D eigenvalue weighted by atomic mass is 10.1. The van der Waals surface area contributed by atoms with E-state index in [0.29, 0.717) is 22.6 Å². The summed E-state index contributed by atoms with van der Waals surface area (Å²) in [5.41, 5.74) is 2.29. The first-order chi connectivity index (χ1) is 11.7. The molecule has 0 saturated carbocycles. The Kier molecular flexibility index (Phi) is 5.95. The maximum atomic E-state index is 11.3. The van der Waals surface area contributed by atoms with E-state index >= 15 is 0 Å². The van der Waals surface area contributed by atoms with E-state index in [1.807, 2.05) is 26.8 Å². The largest absolute Gasteiger partial charge is 0.478 e. The lowest BCUT2D eigenvalue weighted by molar-refractivity contribution is 0.0694. The van der Waals surface area contributed by atoms with Gasteiger partial charge in [0.1, 0.15) is 5.15 Å². The minimum atomic E-state index is -1.02. The maximum Gasteiger partial charge on any atom is 0.339 e. The topological polar surface area (TPSA) is 80.9 Å². The summed E-state index contributed by atoms with van der Waals surface area (Å²) < 4.78 is 1.79. The number of rotatable bonds is 6. The van der Waals surface area contributed by atoms with Crippen LogP contribution in [-0.4, -0.2) is 30.8 Å². The van der Waals surface area contributed by atoms with Gasteiger partial charge in [-0.25, -0.2) is 14.8 Å². The molecular formula is C18H23ClN4O2. The number of aromatic nitrogens is 4. The highest BCUT2D eigenvalue weighted by molar-refractivity contribution is 6.31. The van der Waals surface area contributed by atoms with Crippen LogP contribution in [0.1, 0.15) is 66.7 Å². The molecule has 0 bridgehead atoms. The van der Waals surface area contributed by atoms with E-state index in [2.05, 4.69) is 28.9 Å². The van der Waals surface area contributed by atoms with E-state index in [-0.39, 0.29) is 11.5 Å². The molecule has 2 aromatic rings. The summed E-state index contributed by atoms with van der Waals surface area (Å²) in [5.74, 6) is -0.150. The predicted molar refractivity (Wildman–Crippen MR) is 98.8 cm³/mol. The molecule has 0 unspecified atom stereocenters. The van der Waals surface area contributed by atoms with Crippen molar-refractivity contribution in [2.45, 2.75) is 47.1 Å². The van der Waals surface area contributed by atoms with Gasteiger partial charge in [0.05, 0.1) is 17.0 Å². The predicted octanol–water partition coefficient (Wildman–Crippen LogP) is 4.28. The molecule has 25 heavy (non-hydrogen) atoms. The van der Waals surface area contributed by atoms with Crippen molar-refractivity contribution in [3.05, 3.63) is 39.7 Å². The first-order valence-corrected chi connectivity index (χ1v) is 8.59. The van der Waals surface area contributed by atoms with Crippen LogP contribution in [0.15, 0.2) is 6.20 Å². The Labute approximate surface area is 152 Å². The molecule has 0 aliphatic carbocycles. The van der Waals surface area contributed by atoms with Crippen LogP contribution in [0.25, 0.3) is 12.2 Å². The molecule has 7 heteroatoms. The van der Waals surface area contributed by atoms with Gasteiger partial charge in [0.25, 0.3) is 0 Å². The minimum Gasteiger partial charge on any atom is -0.478 e. The van der Waals surface area contributed by atoms with Gasteiger partial charge < -0.3 is 5.11 Å². The number of nitrogens with zero attached hydrogens (tertiary/aromatic N) is 4. The molecule has 0 fully saturated rings. The quantitative estimate of drug-likeness (QED) is 0.829. The first kappa shape index (κ1) is 19.1. The van der Waals surface area contributed by atoms with Gasteiger partial charge >= 0.3 is 5.97 Å². The SMILES string of the molecule is Cc1nn(CC(C)C)c(Cl)c1C=Cc1ncc(C(=O)O)c(C(C)C)n1. The number of carbonyl (C=O) groups is 1. The van der Waals surface area contributed by atoms with E-state index in [1.165, 1.54) is 6.20 Å². The Hall–Kier alpha value is -2.21. The average molecular weight is 363 g/mol. The zero-order chi connectivity index (χ0) is 18.7. The van der Waals surface area contributed by atoms with Gasteiger partial charge in [0, 0.05) is 18.3 Å². The summed E-state index contributed by atoms with van der Waals surface area (Å²) in [6, 6.07) is 0. The second-order valence-corrected chi connectivity index (χ2v) is 7.04. The van der Waals surface area contributed by atoms with Crippen molar-refractivity contribution in [3.63, 3.8) is 0 Å². The van der Waals surface area contributed by atoms with Crippen molar-refractivity contribution in [2.75, 3.05) is 0 Å². The molecular weight excluding hydrogens is 340 g/mol. The number of aryl methyl sites for hydroxylation is 1. The molecule has 2 rings (SSSR count). The zero-order valence-corrected chi connectivity index (χ0v) is 15.9. The highest BCUT2D eigenvalue weighted by Crippen LogP contribution is 2.23. The Morgan fingerprint density at radius 2 is 2.00 bits per heavy atom. The van der Waals surface area contributed by atoms with Gasteiger partial charge in [-0.3, -0.25) is 4.68 Å². The van der Waals surface area contributed by atoms with Gasteiger partial charge in [-0.2, -0.15) is 5.10 Å². The molecule has 0 radical (unpaired) electrons. The Balaban J connectivity index is 2.35. The third kappa shape index (κ3) is 4.45. The summed E-state index contributed by atoms with van der Waals surface area (Å²) in [6.45, 7) is 10.7. The molecule has 6 nitrogen and oxygen atoms in total. The maximum absolute atomic E-state index is 11.3. The van der Waals surface area contributed by atoms with Crippen molar-refractivity contribution < 1.29 is 9.90 Å². The number of aromatic carboxylic acids is 1. The van der Waals surface area contributed by atoms with E-state index in [4.69, 9.17) is 11.6 Å². The molecule has 0 aliphatic rings. The third-order valence-electron chi connectivity index (χ3n) is 3.66.